The summed E-state index contributed by atoms with van der Waals surface area (Å²) in [5.41, 5.74) is 3.79. The van der Waals surface area contributed by atoms with Crippen LogP contribution in [0.2, 0.25) is 0 Å². The Morgan fingerprint density at radius 3 is 2.20 bits per heavy atom. The van der Waals surface area contributed by atoms with Gasteiger partial charge in [-0.1, -0.05) is 54.6 Å². The van der Waals surface area contributed by atoms with Crippen molar-refractivity contribution in [3.63, 3.8) is 0 Å². The molecule has 7 heteroatoms. The summed E-state index contributed by atoms with van der Waals surface area (Å²) in [5.74, 6) is 0. The lowest BCUT2D eigenvalue weighted by atomic mass is 10.1. The molecule has 3 aromatic carbocycles. The minimum absolute atomic E-state index is 0.283. The molecule has 3 heterocycles. The van der Waals surface area contributed by atoms with Crippen LogP contribution in [0, 0.1) is 0 Å². The zero-order chi connectivity index (χ0) is 24.0. The van der Waals surface area contributed by atoms with Crippen molar-refractivity contribution in [2.75, 3.05) is 33.2 Å². The van der Waals surface area contributed by atoms with E-state index in [2.05, 4.69) is 51.7 Å². The smallest absolute Gasteiger partial charge is 0.268 e. The van der Waals surface area contributed by atoms with E-state index in [0.717, 1.165) is 60.4 Å². The van der Waals surface area contributed by atoms with Crippen LogP contribution in [0.1, 0.15) is 0 Å². The lowest BCUT2D eigenvalue weighted by Crippen LogP contribution is -2.44. The molecule has 0 atom stereocenters. The summed E-state index contributed by atoms with van der Waals surface area (Å²) in [5, 5.41) is 2.08. The molecule has 1 aliphatic rings. The Morgan fingerprint density at radius 2 is 1.43 bits per heavy atom. The van der Waals surface area contributed by atoms with Crippen molar-refractivity contribution in [3.05, 3.63) is 91.1 Å². The van der Waals surface area contributed by atoms with Gasteiger partial charge in [-0.15, -0.1) is 0 Å². The Kier molecular flexibility index (Phi) is 5.48. The zero-order valence-corrected chi connectivity index (χ0v) is 20.5. The molecular weight excluding hydrogens is 456 g/mol. The Balaban J connectivity index is 1.54. The van der Waals surface area contributed by atoms with E-state index in [1.165, 1.54) is 3.97 Å². The fourth-order valence-electron chi connectivity index (χ4n) is 5.03. The molecule has 6 rings (SSSR count). The minimum Gasteiger partial charge on any atom is -0.327 e. The third kappa shape index (κ3) is 3.86. The van der Waals surface area contributed by atoms with Crippen LogP contribution in [0.25, 0.3) is 33.1 Å². The van der Waals surface area contributed by atoms with Crippen molar-refractivity contribution in [3.8, 4) is 11.3 Å². The number of para-hydroxylation sites is 2. The van der Waals surface area contributed by atoms with Gasteiger partial charge in [0.2, 0.25) is 0 Å². The largest absolute Gasteiger partial charge is 0.327 e. The molecule has 1 saturated heterocycles. The summed E-state index contributed by atoms with van der Waals surface area (Å²) >= 11 is 0. The monoisotopic (exact) mass is 484 g/mol. The van der Waals surface area contributed by atoms with Crippen molar-refractivity contribution in [1.29, 1.82) is 0 Å². The summed E-state index contributed by atoms with van der Waals surface area (Å²) in [7, 11) is -1.57. The zero-order valence-electron chi connectivity index (χ0n) is 19.7. The van der Waals surface area contributed by atoms with Gasteiger partial charge < -0.3 is 9.47 Å². The fraction of sp³-hybridized carbons (Fsp3) is 0.214. The first-order chi connectivity index (χ1) is 17.0. The van der Waals surface area contributed by atoms with E-state index in [4.69, 9.17) is 0 Å². The second-order valence-electron chi connectivity index (χ2n) is 9.25. The number of piperazine rings is 1. The highest BCUT2D eigenvalue weighted by Crippen LogP contribution is 2.36. The molecule has 2 aromatic heterocycles. The number of likely N-dealkylation sites (N-methyl/N-ethyl adjacent to an activating group) is 1. The third-order valence-electron chi connectivity index (χ3n) is 7.00. The summed E-state index contributed by atoms with van der Waals surface area (Å²) < 4.78 is 31.1. The number of aromatic nitrogens is 2. The van der Waals surface area contributed by atoms with E-state index in [1.54, 1.807) is 30.5 Å². The summed E-state index contributed by atoms with van der Waals surface area (Å²) in [6, 6.07) is 27.0. The third-order valence-corrected chi connectivity index (χ3v) is 8.69. The molecular formula is C28H28N4O2S. The van der Waals surface area contributed by atoms with Crippen molar-refractivity contribution in [1.82, 2.24) is 18.3 Å². The molecule has 35 heavy (non-hydrogen) atoms. The van der Waals surface area contributed by atoms with Gasteiger partial charge in [0.25, 0.3) is 10.0 Å². The van der Waals surface area contributed by atoms with Crippen LogP contribution >= 0.6 is 0 Å². The number of nitrogens with zero attached hydrogens (tertiary/aromatic N) is 4. The highest BCUT2D eigenvalue weighted by atomic mass is 32.2. The molecule has 0 unspecified atom stereocenters. The quantitative estimate of drug-likeness (QED) is 0.363. The van der Waals surface area contributed by atoms with Crippen LogP contribution in [-0.4, -0.2) is 60.0 Å². The maximum absolute atomic E-state index is 13.6. The van der Waals surface area contributed by atoms with Gasteiger partial charge in [-0.2, -0.15) is 0 Å². The van der Waals surface area contributed by atoms with Crippen LogP contribution in [0.3, 0.4) is 0 Å². The van der Waals surface area contributed by atoms with Crippen LogP contribution in [0.5, 0.6) is 0 Å². The molecule has 1 aliphatic heterocycles. The van der Waals surface area contributed by atoms with Gasteiger partial charge in [-0.3, -0.25) is 4.90 Å². The first kappa shape index (κ1) is 22.1. The molecule has 0 N–H and O–H groups in total. The second kappa shape index (κ2) is 8.68. The van der Waals surface area contributed by atoms with Crippen molar-refractivity contribution in [2.24, 2.45) is 0 Å². The Labute approximate surface area is 205 Å². The van der Waals surface area contributed by atoms with E-state index in [9.17, 15) is 8.42 Å². The lowest BCUT2D eigenvalue weighted by molar-refractivity contribution is 0.127. The highest BCUT2D eigenvalue weighted by Gasteiger charge is 2.24. The van der Waals surface area contributed by atoms with Crippen molar-refractivity contribution >= 4 is 31.8 Å². The minimum atomic E-state index is -3.74. The molecule has 0 radical (unpaired) electrons. The topological polar surface area (TPSA) is 50.5 Å². The highest BCUT2D eigenvalue weighted by molar-refractivity contribution is 7.90. The lowest BCUT2D eigenvalue weighted by Gasteiger charge is -2.33. The van der Waals surface area contributed by atoms with Gasteiger partial charge >= 0.3 is 0 Å². The molecule has 5 aromatic rings. The predicted molar refractivity (Wildman–Crippen MR) is 141 cm³/mol. The molecule has 178 valence electrons. The number of benzene rings is 3. The average Bonchev–Trinajstić information content (AvgIpc) is 3.45. The normalized spacial score (nSPS) is 15.8. The Hall–Kier alpha value is -3.39. The first-order valence-electron chi connectivity index (χ1n) is 11.9. The Bertz CT molecular complexity index is 1610. The molecule has 1 fully saturated rings. The summed E-state index contributed by atoms with van der Waals surface area (Å²) in [6.45, 7) is 4.87. The van der Waals surface area contributed by atoms with Gasteiger partial charge in [0.05, 0.1) is 22.8 Å². The molecule has 0 spiro atoms. The predicted octanol–water partition coefficient (Wildman–Crippen LogP) is 4.70. The molecule has 0 aliphatic carbocycles. The Morgan fingerprint density at radius 1 is 0.771 bits per heavy atom. The van der Waals surface area contributed by atoms with E-state index in [1.807, 2.05) is 30.3 Å². The van der Waals surface area contributed by atoms with E-state index < -0.39 is 10.0 Å². The van der Waals surface area contributed by atoms with Crippen LogP contribution in [-0.2, 0) is 16.7 Å². The van der Waals surface area contributed by atoms with Gasteiger partial charge in [0, 0.05) is 54.2 Å². The second-order valence-corrected chi connectivity index (χ2v) is 11.1. The van der Waals surface area contributed by atoms with Crippen LogP contribution in [0.15, 0.2) is 96.0 Å². The molecule has 0 amide bonds. The standard InChI is InChI=1S/C28H28N4O2S/c1-29-15-17-30(18-16-29)21-31-26-13-7-5-9-22(26)19-28(31)25-20-32(27-14-8-6-12-24(25)27)35(33,34)23-10-3-2-4-11-23/h2-14,19-20H,15-18,21H2,1H3. The molecule has 6 nitrogen and oxygen atoms in total. The number of rotatable bonds is 5. The van der Waals surface area contributed by atoms with Gasteiger partial charge in [-0.05, 0) is 37.4 Å². The maximum Gasteiger partial charge on any atom is 0.268 e. The van der Waals surface area contributed by atoms with E-state index >= 15 is 0 Å². The van der Waals surface area contributed by atoms with Crippen molar-refractivity contribution < 1.29 is 8.42 Å². The van der Waals surface area contributed by atoms with Crippen LogP contribution < -0.4 is 0 Å². The van der Waals surface area contributed by atoms with E-state index in [-0.39, 0.29) is 4.90 Å². The molecule has 0 saturated carbocycles. The summed E-state index contributed by atoms with van der Waals surface area (Å²) in [6.07, 6.45) is 1.79. The molecule has 0 bridgehead atoms. The van der Waals surface area contributed by atoms with E-state index in [0.29, 0.717) is 5.52 Å². The number of fused-ring (bicyclic) bond motifs is 2. The number of hydrogen-bond acceptors (Lipinski definition) is 4. The average molecular weight is 485 g/mol. The van der Waals surface area contributed by atoms with Gasteiger partial charge in [0.15, 0.2) is 0 Å². The van der Waals surface area contributed by atoms with Gasteiger partial charge in [-0.25, -0.2) is 12.4 Å². The maximum atomic E-state index is 13.6. The summed E-state index contributed by atoms with van der Waals surface area (Å²) in [4.78, 5) is 5.11. The van der Waals surface area contributed by atoms with Crippen LogP contribution in [0.4, 0.5) is 0 Å². The fourth-order valence-corrected chi connectivity index (χ4v) is 6.42. The van der Waals surface area contributed by atoms with Crippen molar-refractivity contribution in [2.45, 2.75) is 11.6 Å². The number of hydrogen-bond donors (Lipinski definition) is 0. The van der Waals surface area contributed by atoms with Gasteiger partial charge in [0.1, 0.15) is 0 Å². The first-order valence-corrected chi connectivity index (χ1v) is 13.4. The SMILES string of the molecule is CN1CCN(Cn2c(-c3cn(S(=O)(=O)c4ccccc4)c4ccccc34)cc3ccccc32)CC1.